The molecule has 3 aromatic heterocycles. The molecule has 7 rings (SSSR count). The fourth-order valence-electron chi connectivity index (χ4n) is 5.98. The van der Waals surface area contributed by atoms with E-state index in [1.807, 2.05) is 55.7 Å². The average molecular weight is 691 g/mol. The summed E-state index contributed by atoms with van der Waals surface area (Å²) in [6.07, 6.45) is 5.56. The Morgan fingerprint density at radius 3 is 2.46 bits per heavy atom. The van der Waals surface area contributed by atoms with Gasteiger partial charge in [0.05, 0.1) is 33.6 Å². The molecule has 2 aromatic carbocycles. The molecule has 0 spiro atoms. The van der Waals surface area contributed by atoms with Crippen LogP contribution in [0.3, 0.4) is 0 Å². The van der Waals surface area contributed by atoms with E-state index in [1.165, 1.54) is 17.7 Å². The van der Waals surface area contributed by atoms with Crippen molar-refractivity contribution >= 4 is 51.0 Å². The molecular formula is C37H34N6O6S. The molecule has 0 aliphatic carbocycles. The number of ether oxygens (including phenoxy) is 2. The van der Waals surface area contributed by atoms with E-state index in [9.17, 15) is 19.2 Å². The number of amides is 4. The number of imide groups is 2. The van der Waals surface area contributed by atoms with E-state index in [0.29, 0.717) is 19.0 Å². The quantitative estimate of drug-likeness (QED) is 0.142. The summed E-state index contributed by atoms with van der Waals surface area (Å²) in [4.78, 5) is 66.5. The lowest BCUT2D eigenvalue weighted by molar-refractivity contribution is -0.136. The molecule has 1 saturated heterocycles. The van der Waals surface area contributed by atoms with E-state index in [1.54, 1.807) is 17.4 Å². The summed E-state index contributed by atoms with van der Waals surface area (Å²) in [7, 11) is 3.92. The Balaban J connectivity index is 0.864. The lowest BCUT2D eigenvalue weighted by atomic mass is 10.0. The predicted octanol–water partition coefficient (Wildman–Crippen LogP) is 4.92. The molecule has 254 valence electrons. The molecule has 1 fully saturated rings. The second kappa shape index (κ2) is 14.1. The van der Waals surface area contributed by atoms with Crippen LogP contribution in [0.25, 0.3) is 32.0 Å². The molecular weight excluding hydrogens is 657 g/mol. The molecule has 5 aromatic rings. The number of rotatable bonds is 12. The van der Waals surface area contributed by atoms with Gasteiger partial charge in [-0.15, -0.1) is 11.3 Å². The molecule has 0 saturated carbocycles. The number of nitrogens with one attached hydrogen (secondary N) is 1. The molecule has 50 heavy (non-hydrogen) atoms. The number of pyridine rings is 2. The molecule has 1 N–H and O–H groups in total. The second-order valence-corrected chi connectivity index (χ2v) is 13.3. The molecule has 1 atom stereocenters. The minimum atomic E-state index is -1.00. The van der Waals surface area contributed by atoms with Crippen LogP contribution >= 0.6 is 11.3 Å². The molecule has 13 heteroatoms. The van der Waals surface area contributed by atoms with Crippen molar-refractivity contribution in [2.45, 2.75) is 31.7 Å². The predicted molar refractivity (Wildman–Crippen MR) is 188 cm³/mol. The number of thiazole rings is 1. The van der Waals surface area contributed by atoms with Gasteiger partial charge in [0.25, 0.3) is 11.8 Å². The Morgan fingerprint density at radius 1 is 0.880 bits per heavy atom. The SMILES string of the molecule is CN(C)c1ccc(-c2ccc(-c3nc4ccc(CCCOCCOc5ccc6c(c5)C(=O)N(C5CCC(=O)NC5=O)C6=O)cc4s3)cn2)cn1. The van der Waals surface area contributed by atoms with Crippen LogP contribution in [0.4, 0.5) is 5.82 Å². The summed E-state index contributed by atoms with van der Waals surface area (Å²) >= 11 is 1.65. The van der Waals surface area contributed by atoms with E-state index in [4.69, 9.17) is 14.5 Å². The van der Waals surface area contributed by atoms with E-state index < -0.39 is 29.7 Å². The van der Waals surface area contributed by atoms with Crippen LogP contribution in [0.1, 0.15) is 45.5 Å². The maximum atomic E-state index is 13.0. The Labute approximate surface area is 292 Å². The first kappa shape index (κ1) is 33.0. The Morgan fingerprint density at radius 2 is 1.70 bits per heavy atom. The van der Waals surface area contributed by atoms with Gasteiger partial charge in [0.1, 0.15) is 29.2 Å². The zero-order valence-corrected chi connectivity index (χ0v) is 28.4. The van der Waals surface area contributed by atoms with Gasteiger partial charge >= 0.3 is 0 Å². The van der Waals surface area contributed by atoms with Crippen LogP contribution in [0.2, 0.25) is 0 Å². The number of aryl methyl sites for hydroxylation is 1. The van der Waals surface area contributed by atoms with E-state index in [2.05, 4.69) is 33.5 Å². The fraction of sp³-hybridized carbons (Fsp3) is 0.270. The maximum Gasteiger partial charge on any atom is 0.262 e. The summed E-state index contributed by atoms with van der Waals surface area (Å²) in [5.74, 6) is -0.846. The minimum absolute atomic E-state index is 0.0708. The fourth-order valence-corrected chi connectivity index (χ4v) is 7.00. The number of carbonyl (C=O) groups is 4. The largest absolute Gasteiger partial charge is 0.491 e. The van der Waals surface area contributed by atoms with Gasteiger partial charge in [-0.3, -0.25) is 34.4 Å². The molecule has 0 radical (unpaired) electrons. The van der Waals surface area contributed by atoms with Crippen molar-refractivity contribution < 1.29 is 28.7 Å². The highest BCUT2D eigenvalue weighted by Gasteiger charge is 2.44. The van der Waals surface area contributed by atoms with E-state index in [0.717, 1.165) is 55.6 Å². The van der Waals surface area contributed by atoms with Gasteiger partial charge in [-0.2, -0.15) is 0 Å². The molecule has 0 bridgehead atoms. The highest BCUT2D eigenvalue weighted by Crippen LogP contribution is 2.32. The number of anilines is 1. The monoisotopic (exact) mass is 690 g/mol. The normalized spacial score (nSPS) is 15.8. The smallest absolute Gasteiger partial charge is 0.262 e. The van der Waals surface area contributed by atoms with Crippen LogP contribution < -0.4 is 15.0 Å². The molecule has 2 aliphatic rings. The number of hydrogen-bond acceptors (Lipinski definition) is 11. The Kier molecular flexibility index (Phi) is 9.33. The van der Waals surface area contributed by atoms with Crippen molar-refractivity contribution in [1.29, 1.82) is 0 Å². The molecule has 1 unspecified atom stereocenters. The first-order valence-corrected chi connectivity index (χ1v) is 17.1. The molecule has 4 amide bonds. The summed E-state index contributed by atoms with van der Waals surface area (Å²) in [6, 6.07) is 18.0. The number of hydrogen-bond donors (Lipinski definition) is 1. The first-order valence-electron chi connectivity index (χ1n) is 16.3. The summed E-state index contributed by atoms with van der Waals surface area (Å²) in [5, 5.41) is 3.12. The summed E-state index contributed by atoms with van der Waals surface area (Å²) < 4.78 is 12.7. The third kappa shape index (κ3) is 6.82. The van der Waals surface area contributed by atoms with Crippen LogP contribution in [0.15, 0.2) is 73.1 Å². The van der Waals surface area contributed by atoms with Crippen molar-refractivity contribution in [1.82, 2.24) is 25.2 Å². The lowest BCUT2D eigenvalue weighted by Crippen LogP contribution is -2.54. The highest BCUT2D eigenvalue weighted by atomic mass is 32.1. The summed E-state index contributed by atoms with van der Waals surface area (Å²) in [6.45, 7) is 1.18. The topological polar surface area (TPSA) is 144 Å². The number of aromatic nitrogens is 3. The zero-order chi connectivity index (χ0) is 34.8. The Bertz CT molecular complexity index is 2100. The van der Waals surface area contributed by atoms with E-state index in [-0.39, 0.29) is 30.6 Å². The van der Waals surface area contributed by atoms with Gasteiger partial charge in [-0.1, -0.05) is 6.07 Å². The third-order valence-electron chi connectivity index (χ3n) is 8.63. The van der Waals surface area contributed by atoms with Gasteiger partial charge in [0.15, 0.2) is 0 Å². The number of nitrogens with zero attached hydrogens (tertiary/aromatic N) is 5. The number of carbonyl (C=O) groups excluding carboxylic acids is 4. The van der Waals surface area contributed by atoms with Crippen molar-refractivity contribution in [3.05, 3.63) is 89.7 Å². The summed E-state index contributed by atoms with van der Waals surface area (Å²) in [5.41, 5.74) is 5.35. The number of piperidine rings is 1. The van der Waals surface area contributed by atoms with Gasteiger partial charge in [-0.05, 0) is 79.4 Å². The lowest BCUT2D eigenvalue weighted by Gasteiger charge is -2.27. The molecule has 5 heterocycles. The van der Waals surface area contributed by atoms with Crippen LogP contribution in [-0.2, 0) is 20.7 Å². The van der Waals surface area contributed by atoms with Crippen LogP contribution in [0, 0.1) is 0 Å². The molecule has 2 aliphatic heterocycles. The van der Waals surface area contributed by atoms with Crippen molar-refractivity contribution in [3.8, 4) is 27.6 Å². The number of fused-ring (bicyclic) bond motifs is 2. The third-order valence-corrected chi connectivity index (χ3v) is 9.69. The first-order chi connectivity index (χ1) is 24.2. The maximum absolute atomic E-state index is 13.0. The van der Waals surface area contributed by atoms with Gasteiger partial charge in [0.2, 0.25) is 11.8 Å². The highest BCUT2D eigenvalue weighted by molar-refractivity contribution is 7.21. The molecule has 12 nitrogen and oxygen atoms in total. The van der Waals surface area contributed by atoms with Crippen LogP contribution in [-0.4, -0.2) is 83.4 Å². The van der Waals surface area contributed by atoms with Crippen molar-refractivity contribution in [2.24, 2.45) is 0 Å². The Hall–Kier alpha value is -5.53. The standard InChI is InChI=1S/C37H34N6O6S/c1-42(2)32-13-7-23(20-39-32)28-11-6-24(21-38-28)35-40-29-10-5-22(18-31(29)50-35)4-3-15-48-16-17-49-25-8-9-26-27(19-25)37(47)43(36(26)46)30-12-14-33(44)41-34(30)45/h5-11,13,18-21,30H,3-4,12,14-17H2,1-2H3,(H,41,44,45). The van der Waals surface area contributed by atoms with Crippen molar-refractivity contribution in [3.63, 3.8) is 0 Å². The van der Waals surface area contributed by atoms with E-state index >= 15 is 0 Å². The average Bonchev–Trinajstić information content (AvgIpc) is 3.65. The van der Waals surface area contributed by atoms with Crippen molar-refractivity contribution in [2.75, 3.05) is 38.8 Å². The van der Waals surface area contributed by atoms with Gasteiger partial charge in [0, 0.05) is 50.6 Å². The number of benzene rings is 2. The second-order valence-electron chi connectivity index (χ2n) is 12.3. The van der Waals surface area contributed by atoms with Crippen LogP contribution in [0.5, 0.6) is 5.75 Å². The van der Waals surface area contributed by atoms with Gasteiger partial charge in [-0.25, -0.2) is 9.97 Å². The minimum Gasteiger partial charge on any atom is -0.491 e. The zero-order valence-electron chi connectivity index (χ0n) is 27.5. The van der Waals surface area contributed by atoms with Gasteiger partial charge < -0.3 is 14.4 Å².